The number of nitrogens with zero attached hydrogens (tertiary/aromatic N) is 2. The molecule has 0 atom stereocenters. The van der Waals surface area contributed by atoms with Gasteiger partial charge in [-0.1, -0.05) is 0 Å². The van der Waals surface area contributed by atoms with E-state index in [1.54, 1.807) is 0 Å². The van der Waals surface area contributed by atoms with E-state index in [9.17, 15) is 9.59 Å². The smallest absolute Gasteiger partial charge is 0.309 e. The second-order valence-electron chi connectivity index (χ2n) is 6.22. The number of aromatic nitrogens is 1. The van der Waals surface area contributed by atoms with Crippen LogP contribution in [0, 0.1) is 5.92 Å². The van der Waals surface area contributed by atoms with E-state index < -0.39 is 5.97 Å². The van der Waals surface area contributed by atoms with Crippen molar-refractivity contribution in [2.24, 2.45) is 5.92 Å². The number of carbonyl (C=O) groups is 1. The van der Waals surface area contributed by atoms with E-state index in [2.05, 4.69) is 0 Å². The molecule has 0 aliphatic heterocycles. The zero-order chi connectivity index (χ0) is 15.9. The highest BCUT2D eigenvalue weighted by molar-refractivity contribution is 5.84. The van der Waals surface area contributed by atoms with Crippen LogP contribution in [0.5, 0.6) is 0 Å². The molecule has 0 spiro atoms. The number of carboxylic acids is 1. The van der Waals surface area contributed by atoms with Crippen molar-refractivity contribution in [3.05, 3.63) is 40.2 Å². The minimum atomic E-state index is -0.909. The molecule has 5 nitrogen and oxygen atoms in total. The predicted octanol–water partition coefficient (Wildman–Crippen LogP) is 2.10. The van der Waals surface area contributed by atoms with Crippen LogP contribution in [0.4, 0.5) is 5.69 Å². The summed E-state index contributed by atoms with van der Waals surface area (Å²) in [5, 5.41) is 9.75. The second kappa shape index (κ2) is 5.48. The van der Waals surface area contributed by atoms with E-state index in [4.69, 9.17) is 5.11 Å². The summed E-state index contributed by atoms with van der Waals surface area (Å²) in [7, 11) is 3.87. The molecular formula is C17H20N2O3. The molecule has 116 valence electrons. The van der Waals surface area contributed by atoms with Crippen LogP contribution in [0.1, 0.15) is 18.5 Å². The summed E-state index contributed by atoms with van der Waals surface area (Å²) in [6, 6.07) is 7.26. The standard InChI is InChI=1S/C17H20N2O3/c1-18(2)12-5-6-15-14(7-12)16(20)8-13(9-17(21)22)19(15)10-11-3-4-11/h5-8,11H,3-4,9-10H2,1-2H3,(H,21,22). The molecule has 2 aromatic rings. The normalized spacial score (nSPS) is 14.3. The van der Waals surface area contributed by atoms with Crippen LogP contribution in [0.15, 0.2) is 29.1 Å². The Morgan fingerprint density at radius 3 is 2.64 bits per heavy atom. The number of rotatable bonds is 5. The third-order valence-electron chi connectivity index (χ3n) is 4.17. The molecule has 22 heavy (non-hydrogen) atoms. The van der Waals surface area contributed by atoms with Gasteiger partial charge in [-0.3, -0.25) is 9.59 Å². The van der Waals surface area contributed by atoms with Crippen molar-refractivity contribution in [2.75, 3.05) is 19.0 Å². The van der Waals surface area contributed by atoms with Gasteiger partial charge in [0, 0.05) is 43.5 Å². The van der Waals surface area contributed by atoms with Gasteiger partial charge in [-0.2, -0.15) is 0 Å². The lowest BCUT2D eigenvalue weighted by atomic mass is 10.1. The quantitative estimate of drug-likeness (QED) is 0.918. The SMILES string of the molecule is CN(C)c1ccc2c(c1)c(=O)cc(CC(=O)O)n2CC1CC1. The van der Waals surface area contributed by atoms with E-state index in [0.29, 0.717) is 17.0 Å². The summed E-state index contributed by atoms with van der Waals surface area (Å²) in [6.45, 7) is 0.792. The summed E-state index contributed by atoms with van der Waals surface area (Å²) in [5.74, 6) is -0.306. The number of hydrogen-bond acceptors (Lipinski definition) is 3. The zero-order valence-corrected chi connectivity index (χ0v) is 12.9. The minimum absolute atomic E-state index is 0.109. The lowest BCUT2D eigenvalue weighted by Crippen LogP contribution is -2.18. The fourth-order valence-corrected chi connectivity index (χ4v) is 2.77. The van der Waals surface area contributed by atoms with Crippen molar-refractivity contribution in [1.82, 2.24) is 4.57 Å². The molecule has 0 radical (unpaired) electrons. The number of aliphatic carboxylic acids is 1. The highest BCUT2D eigenvalue weighted by Gasteiger charge is 2.24. The van der Waals surface area contributed by atoms with Gasteiger partial charge in [0.1, 0.15) is 0 Å². The largest absolute Gasteiger partial charge is 0.481 e. The summed E-state index contributed by atoms with van der Waals surface area (Å²) < 4.78 is 2.02. The second-order valence-corrected chi connectivity index (χ2v) is 6.22. The molecule has 1 aromatic carbocycles. The number of benzene rings is 1. The molecular weight excluding hydrogens is 280 g/mol. The molecule has 1 fully saturated rings. The summed E-state index contributed by atoms with van der Waals surface area (Å²) in [6.07, 6.45) is 2.24. The van der Waals surface area contributed by atoms with E-state index >= 15 is 0 Å². The van der Waals surface area contributed by atoms with E-state index in [0.717, 1.165) is 17.7 Å². The average Bonchev–Trinajstić information content (AvgIpc) is 3.26. The van der Waals surface area contributed by atoms with Crippen LogP contribution in [0.3, 0.4) is 0 Å². The van der Waals surface area contributed by atoms with Crippen LogP contribution in [-0.2, 0) is 17.8 Å². The summed E-state index contributed by atoms with van der Waals surface area (Å²) in [4.78, 5) is 25.4. The van der Waals surface area contributed by atoms with E-state index in [-0.39, 0.29) is 11.8 Å². The fourth-order valence-electron chi connectivity index (χ4n) is 2.77. The Morgan fingerprint density at radius 1 is 1.32 bits per heavy atom. The Kier molecular flexibility index (Phi) is 3.64. The van der Waals surface area contributed by atoms with Crippen LogP contribution in [-0.4, -0.2) is 29.7 Å². The van der Waals surface area contributed by atoms with Gasteiger partial charge in [0.25, 0.3) is 0 Å². The van der Waals surface area contributed by atoms with Crippen molar-refractivity contribution in [2.45, 2.75) is 25.8 Å². The molecule has 0 amide bonds. The first-order chi connectivity index (χ1) is 10.5. The van der Waals surface area contributed by atoms with Gasteiger partial charge in [0.2, 0.25) is 0 Å². The maximum Gasteiger partial charge on any atom is 0.309 e. The first-order valence-electron chi connectivity index (χ1n) is 7.51. The zero-order valence-electron chi connectivity index (χ0n) is 12.9. The van der Waals surface area contributed by atoms with Gasteiger partial charge in [-0.05, 0) is 37.0 Å². The van der Waals surface area contributed by atoms with E-state index in [1.165, 1.54) is 18.9 Å². The fraction of sp³-hybridized carbons (Fsp3) is 0.412. The minimum Gasteiger partial charge on any atom is -0.481 e. The van der Waals surface area contributed by atoms with Gasteiger partial charge in [0.05, 0.1) is 11.9 Å². The molecule has 0 bridgehead atoms. The topological polar surface area (TPSA) is 62.5 Å². The monoisotopic (exact) mass is 300 g/mol. The lowest BCUT2D eigenvalue weighted by Gasteiger charge is -2.18. The van der Waals surface area contributed by atoms with Gasteiger partial charge >= 0.3 is 5.97 Å². The van der Waals surface area contributed by atoms with Crippen LogP contribution in [0.25, 0.3) is 10.9 Å². The molecule has 1 aromatic heterocycles. The number of carboxylic acid groups (broad SMARTS) is 1. The maximum absolute atomic E-state index is 12.4. The molecule has 1 aliphatic rings. The van der Waals surface area contributed by atoms with Gasteiger partial charge in [-0.25, -0.2) is 0 Å². The van der Waals surface area contributed by atoms with Crippen LogP contribution < -0.4 is 10.3 Å². The first kappa shape index (κ1) is 14.6. The van der Waals surface area contributed by atoms with Crippen molar-refractivity contribution < 1.29 is 9.90 Å². The predicted molar refractivity (Wildman–Crippen MR) is 86.6 cm³/mol. The molecule has 1 heterocycles. The molecule has 1 aliphatic carbocycles. The number of pyridine rings is 1. The Bertz CT molecular complexity index is 788. The Hall–Kier alpha value is -2.30. The molecule has 0 unspecified atom stereocenters. The maximum atomic E-state index is 12.4. The van der Waals surface area contributed by atoms with Crippen molar-refractivity contribution >= 4 is 22.6 Å². The Morgan fingerprint density at radius 2 is 2.05 bits per heavy atom. The summed E-state index contributed by atoms with van der Waals surface area (Å²) in [5.41, 5.74) is 2.28. The van der Waals surface area contributed by atoms with Crippen LogP contribution >= 0.6 is 0 Å². The Balaban J connectivity index is 2.20. The van der Waals surface area contributed by atoms with Gasteiger partial charge < -0.3 is 14.6 Å². The molecule has 0 saturated heterocycles. The number of fused-ring (bicyclic) bond motifs is 1. The highest BCUT2D eigenvalue weighted by Crippen LogP contribution is 2.32. The molecule has 5 heteroatoms. The van der Waals surface area contributed by atoms with Crippen molar-refractivity contribution in [3.63, 3.8) is 0 Å². The third-order valence-corrected chi connectivity index (χ3v) is 4.17. The summed E-state index contributed by atoms with van der Waals surface area (Å²) >= 11 is 0. The van der Waals surface area contributed by atoms with Gasteiger partial charge in [-0.15, -0.1) is 0 Å². The molecule has 3 rings (SSSR count). The van der Waals surface area contributed by atoms with Crippen LogP contribution in [0.2, 0.25) is 0 Å². The first-order valence-corrected chi connectivity index (χ1v) is 7.51. The third kappa shape index (κ3) is 2.84. The van der Waals surface area contributed by atoms with E-state index in [1.807, 2.05) is 41.8 Å². The van der Waals surface area contributed by atoms with Gasteiger partial charge in [0.15, 0.2) is 5.43 Å². The highest BCUT2D eigenvalue weighted by atomic mass is 16.4. The van der Waals surface area contributed by atoms with Crippen molar-refractivity contribution in [1.29, 1.82) is 0 Å². The Labute approximate surface area is 128 Å². The number of hydrogen-bond donors (Lipinski definition) is 1. The molecule has 1 saturated carbocycles. The molecule has 1 N–H and O–H groups in total. The van der Waals surface area contributed by atoms with Crippen molar-refractivity contribution in [3.8, 4) is 0 Å². The average molecular weight is 300 g/mol. The number of anilines is 1. The lowest BCUT2D eigenvalue weighted by molar-refractivity contribution is -0.136.